The Morgan fingerprint density at radius 2 is 1.74 bits per heavy atom. The minimum atomic E-state index is -0.558. The molecular formula is C17H31N3O3. The Morgan fingerprint density at radius 3 is 2.22 bits per heavy atom. The third-order valence-electron chi connectivity index (χ3n) is 4.18. The van der Waals surface area contributed by atoms with Gasteiger partial charge in [0.05, 0.1) is 0 Å². The predicted octanol–water partition coefficient (Wildman–Crippen LogP) is 1.40. The maximum Gasteiger partial charge on any atom is 0.245 e. The van der Waals surface area contributed by atoms with Crippen molar-refractivity contribution in [2.24, 2.45) is 5.41 Å². The van der Waals surface area contributed by atoms with Crippen molar-refractivity contribution in [3.05, 3.63) is 0 Å². The Morgan fingerprint density at radius 1 is 1.17 bits per heavy atom. The minimum Gasteiger partial charge on any atom is -0.352 e. The molecule has 0 radical (unpaired) electrons. The van der Waals surface area contributed by atoms with Crippen molar-refractivity contribution >= 4 is 17.7 Å². The summed E-state index contributed by atoms with van der Waals surface area (Å²) in [6.45, 7) is 11.7. The molecule has 0 bridgehead atoms. The quantitative estimate of drug-likeness (QED) is 0.849. The number of hydrogen-bond acceptors (Lipinski definition) is 3. The summed E-state index contributed by atoms with van der Waals surface area (Å²) in [6, 6.07) is -0.989. The average Bonchev–Trinajstić information content (AvgIpc) is 2.91. The number of likely N-dealkylation sites (N-methyl/N-ethyl adjacent to an activating group) is 1. The van der Waals surface area contributed by atoms with Crippen LogP contribution in [0.1, 0.15) is 54.4 Å². The lowest BCUT2D eigenvalue weighted by atomic mass is 9.94. The van der Waals surface area contributed by atoms with Crippen molar-refractivity contribution in [1.82, 2.24) is 15.1 Å². The van der Waals surface area contributed by atoms with E-state index in [4.69, 9.17) is 0 Å². The van der Waals surface area contributed by atoms with Crippen LogP contribution in [0, 0.1) is 5.41 Å². The maximum atomic E-state index is 12.8. The van der Waals surface area contributed by atoms with E-state index in [1.807, 2.05) is 34.6 Å². The van der Waals surface area contributed by atoms with E-state index < -0.39 is 17.5 Å². The smallest absolute Gasteiger partial charge is 0.245 e. The van der Waals surface area contributed by atoms with Gasteiger partial charge >= 0.3 is 0 Å². The standard InChI is InChI=1S/C17H31N3O3/c1-11(2)18-14(21)12(3)19(7)15(22)13-9-8-10-20(13)16(23)17(4,5)6/h11-13H,8-10H2,1-7H3,(H,18,21). The molecule has 0 saturated carbocycles. The highest BCUT2D eigenvalue weighted by atomic mass is 16.2. The summed E-state index contributed by atoms with van der Waals surface area (Å²) in [7, 11) is 1.63. The van der Waals surface area contributed by atoms with Crippen LogP contribution in [0.3, 0.4) is 0 Å². The van der Waals surface area contributed by atoms with Crippen LogP contribution < -0.4 is 5.32 Å². The van der Waals surface area contributed by atoms with Gasteiger partial charge in [-0.15, -0.1) is 0 Å². The molecule has 1 N–H and O–H groups in total. The second kappa shape index (κ2) is 7.32. The molecule has 6 heteroatoms. The summed E-state index contributed by atoms with van der Waals surface area (Å²) in [5.41, 5.74) is -0.512. The van der Waals surface area contributed by atoms with Crippen molar-refractivity contribution in [1.29, 1.82) is 0 Å². The lowest BCUT2D eigenvalue weighted by Gasteiger charge is -2.34. The second-order valence-electron chi connectivity index (χ2n) is 7.69. The van der Waals surface area contributed by atoms with Crippen LogP contribution in [0.2, 0.25) is 0 Å². The molecule has 1 saturated heterocycles. The van der Waals surface area contributed by atoms with Crippen LogP contribution in [0.5, 0.6) is 0 Å². The normalized spacial score (nSPS) is 19.7. The Balaban J connectivity index is 2.82. The molecule has 1 heterocycles. The lowest BCUT2D eigenvalue weighted by Crippen LogP contribution is -2.54. The van der Waals surface area contributed by atoms with Gasteiger partial charge in [-0.3, -0.25) is 14.4 Å². The number of carbonyl (C=O) groups excluding carboxylic acids is 3. The highest BCUT2D eigenvalue weighted by molar-refractivity contribution is 5.93. The molecule has 23 heavy (non-hydrogen) atoms. The van der Waals surface area contributed by atoms with E-state index in [0.29, 0.717) is 13.0 Å². The van der Waals surface area contributed by atoms with Gasteiger partial charge in [0.1, 0.15) is 12.1 Å². The van der Waals surface area contributed by atoms with E-state index in [0.717, 1.165) is 6.42 Å². The van der Waals surface area contributed by atoms with Crippen molar-refractivity contribution in [3.63, 3.8) is 0 Å². The topological polar surface area (TPSA) is 69.7 Å². The summed E-state index contributed by atoms with van der Waals surface area (Å²) < 4.78 is 0. The number of rotatable bonds is 4. The molecule has 2 unspecified atom stereocenters. The summed E-state index contributed by atoms with van der Waals surface area (Å²) >= 11 is 0. The van der Waals surface area contributed by atoms with Crippen molar-refractivity contribution in [2.45, 2.75) is 72.5 Å². The fraction of sp³-hybridized carbons (Fsp3) is 0.824. The minimum absolute atomic E-state index is 0.0129. The molecular weight excluding hydrogens is 294 g/mol. The summed E-state index contributed by atoms with van der Waals surface area (Å²) in [5.74, 6) is -0.352. The van der Waals surface area contributed by atoms with Gasteiger partial charge in [0.2, 0.25) is 17.7 Å². The third kappa shape index (κ3) is 4.69. The van der Waals surface area contributed by atoms with E-state index in [9.17, 15) is 14.4 Å². The largest absolute Gasteiger partial charge is 0.352 e. The number of amides is 3. The summed E-state index contributed by atoms with van der Waals surface area (Å²) in [5, 5.41) is 2.81. The molecule has 3 amide bonds. The summed E-state index contributed by atoms with van der Waals surface area (Å²) in [4.78, 5) is 40.5. The van der Waals surface area contributed by atoms with Gasteiger partial charge in [-0.05, 0) is 33.6 Å². The van der Waals surface area contributed by atoms with E-state index in [2.05, 4.69) is 5.32 Å². The highest BCUT2D eigenvalue weighted by Gasteiger charge is 2.40. The van der Waals surface area contributed by atoms with Crippen LogP contribution in [0.15, 0.2) is 0 Å². The Bertz CT molecular complexity index is 468. The maximum absolute atomic E-state index is 12.8. The molecule has 1 aliphatic rings. The monoisotopic (exact) mass is 325 g/mol. The molecule has 0 aromatic rings. The fourth-order valence-corrected chi connectivity index (χ4v) is 2.70. The van der Waals surface area contributed by atoms with E-state index in [1.54, 1.807) is 18.9 Å². The number of nitrogens with one attached hydrogen (secondary N) is 1. The van der Waals surface area contributed by atoms with Gasteiger partial charge in [0, 0.05) is 25.0 Å². The fourth-order valence-electron chi connectivity index (χ4n) is 2.70. The average molecular weight is 325 g/mol. The van der Waals surface area contributed by atoms with Crippen LogP contribution in [0.25, 0.3) is 0 Å². The SMILES string of the molecule is CC(C)NC(=O)C(C)N(C)C(=O)C1CCCN1C(=O)C(C)(C)C. The molecule has 0 aromatic carbocycles. The van der Waals surface area contributed by atoms with Crippen LogP contribution >= 0.6 is 0 Å². The molecule has 6 nitrogen and oxygen atoms in total. The number of hydrogen-bond donors (Lipinski definition) is 1. The molecule has 132 valence electrons. The summed E-state index contributed by atoms with van der Waals surface area (Å²) in [6.07, 6.45) is 1.47. The van der Waals surface area contributed by atoms with E-state index in [1.165, 1.54) is 4.90 Å². The second-order valence-corrected chi connectivity index (χ2v) is 7.69. The number of likely N-dealkylation sites (tertiary alicyclic amines) is 1. The van der Waals surface area contributed by atoms with Gasteiger partial charge in [0.15, 0.2) is 0 Å². The Kier molecular flexibility index (Phi) is 6.19. The van der Waals surface area contributed by atoms with Crippen molar-refractivity contribution < 1.29 is 14.4 Å². The first kappa shape index (κ1) is 19.5. The van der Waals surface area contributed by atoms with Crippen molar-refractivity contribution in [2.75, 3.05) is 13.6 Å². The molecule has 1 fully saturated rings. The van der Waals surface area contributed by atoms with E-state index >= 15 is 0 Å². The molecule has 2 atom stereocenters. The lowest BCUT2D eigenvalue weighted by molar-refractivity contribution is -0.150. The molecule has 0 spiro atoms. The zero-order valence-corrected chi connectivity index (χ0v) is 15.5. The van der Waals surface area contributed by atoms with Crippen LogP contribution in [-0.4, -0.2) is 59.2 Å². The van der Waals surface area contributed by atoms with E-state index in [-0.39, 0.29) is 23.8 Å². The van der Waals surface area contributed by atoms with Crippen molar-refractivity contribution in [3.8, 4) is 0 Å². The van der Waals surface area contributed by atoms with Gasteiger partial charge < -0.3 is 15.1 Å². The van der Waals surface area contributed by atoms with Gasteiger partial charge in [-0.1, -0.05) is 20.8 Å². The molecule has 1 rings (SSSR count). The number of nitrogens with zero attached hydrogens (tertiary/aromatic N) is 2. The predicted molar refractivity (Wildman–Crippen MR) is 89.7 cm³/mol. The van der Waals surface area contributed by atoms with Gasteiger partial charge in [-0.25, -0.2) is 0 Å². The molecule has 0 aliphatic carbocycles. The van der Waals surface area contributed by atoms with Gasteiger partial charge in [0.25, 0.3) is 0 Å². The molecule has 1 aliphatic heterocycles. The number of carbonyl (C=O) groups is 3. The first-order valence-corrected chi connectivity index (χ1v) is 8.35. The Labute approximate surface area is 139 Å². The third-order valence-corrected chi connectivity index (χ3v) is 4.18. The first-order valence-electron chi connectivity index (χ1n) is 8.35. The van der Waals surface area contributed by atoms with Crippen LogP contribution in [-0.2, 0) is 14.4 Å². The molecule has 0 aromatic heterocycles. The Hall–Kier alpha value is -1.59. The first-order chi connectivity index (χ1) is 10.5. The van der Waals surface area contributed by atoms with Gasteiger partial charge in [-0.2, -0.15) is 0 Å². The highest BCUT2D eigenvalue weighted by Crippen LogP contribution is 2.26. The van der Waals surface area contributed by atoms with Crippen LogP contribution in [0.4, 0.5) is 0 Å². The zero-order valence-electron chi connectivity index (χ0n) is 15.5. The zero-order chi connectivity index (χ0) is 17.9.